The summed E-state index contributed by atoms with van der Waals surface area (Å²) in [7, 11) is 0. The van der Waals surface area contributed by atoms with Crippen LogP contribution in [0.3, 0.4) is 0 Å². The molecule has 0 unspecified atom stereocenters. The van der Waals surface area contributed by atoms with E-state index in [1.54, 1.807) is 37.5 Å². The quantitative estimate of drug-likeness (QED) is 0.788. The van der Waals surface area contributed by atoms with Gasteiger partial charge in [-0.3, -0.25) is 4.79 Å². The lowest BCUT2D eigenvalue weighted by molar-refractivity contribution is 0.787. The van der Waals surface area contributed by atoms with Crippen molar-refractivity contribution >= 4 is 17.6 Å². The van der Waals surface area contributed by atoms with Crippen molar-refractivity contribution < 1.29 is 0 Å². The number of aromatic nitrogens is 1. The van der Waals surface area contributed by atoms with Crippen molar-refractivity contribution in [1.82, 2.24) is 4.68 Å². The summed E-state index contributed by atoms with van der Waals surface area (Å²) in [5.74, 6) is 0. The number of hydrogen-bond donors (Lipinski definition) is 0. The Balaban J connectivity index is 2.53. The van der Waals surface area contributed by atoms with E-state index in [1.807, 2.05) is 24.4 Å². The van der Waals surface area contributed by atoms with Gasteiger partial charge < -0.3 is 0 Å². The minimum absolute atomic E-state index is 0.144. The normalized spacial score (nSPS) is 10.8. The fraction of sp³-hybridized carbons (Fsp3) is 0.214. The summed E-state index contributed by atoms with van der Waals surface area (Å²) in [6, 6.07) is 5.72. The largest absolute Gasteiger partial charge is 0.289 e. The number of hydrogen-bond acceptors (Lipinski definition) is 4. The average molecular weight is 271 g/mol. The predicted molar refractivity (Wildman–Crippen MR) is 76.9 cm³/mol. The zero-order valence-corrected chi connectivity index (χ0v) is 11.8. The van der Waals surface area contributed by atoms with E-state index in [0.29, 0.717) is 11.3 Å². The molecule has 2 aromatic heterocycles. The second-order valence-electron chi connectivity index (χ2n) is 4.28. The van der Waals surface area contributed by atoms with Crippen LogP contribution in [0.25, 0.3) is 0 Å². The van der Waals surface area contributed by atoms with Crippen molar-refractivity contribution in [3.8, 4) is 6.07 Å². The number of thiophene rings is 1. The van der Waals surface area contributed by atoms with Crippen LogP contribution in [0.15, 0.2) is 27.4 Å². The van der Waals surface area contributed by atoms with Crippen LogP contribution in [0.1, 0.15) is 27.3 Å². The predicted octanol–water partition coefficient (Wildman–Crippen LogP) is 2.59. The summed E-state index contributed by atoms with van der Waals surface area (Å²) in [6.07, 6.45) is 1.66. The molecule has 0 fully saturated rings. The first-order valence-corrected chi connectivity index (χ1v) is 6.64. The van der Waals surface area contributed by atoms with E-state index < -0.39 is 0 Å². The molecule has 5 heteroatoms. The van der Waals surface area contributed by atoms with E-state index in [4.69, 9.17) is 5.26 Å². The van der Waals surface area contributed by atoms with Gasteiger partial charge >= 0.3 is 0 Å². The van der Waals surface area contributed by atoms with Gasteiger partial charge in [-0.25, -0.2) is 4.68 Å². The maximum atomic E-state index is 12.1. The highest BCUT2D eigenvalue weighted by Gasteiger charge is 2.09. The second-order valence-corrected chi connectivity index (χ2v) is 5.23. The maximum Gasteiger partial charge on any atom is 0.289 e. The molecule has 2 aromatic rings. The Morgan fingerprint density at radius 1 is 1.37 bits per heavy atom. The fourth-order valence-electron chi connectivity index (χ4n) is 1.79. The molecule has 2 heterocycles. The number of rotatable bonds is 2. The Morgan fingerprint density at radius 3 is 2.68 bits per heavy atom. The van der Waals surface area contributed by atoms with Gasteiger partial charge in [-0.1, -0.05) is 0 Å². The number of pyridine rings is 1. The summed E-state index contributed by atoms with van der Waals surface area (Å²) in [5, 5.41) is 15.2. The first-order valence-electron chi connectivity index (χ1n) is 5.76. The molecule has 0 spiro atoms. The fourth-order valence-corrected chi connectivity index (χ4v) is 2.57. The lowest BCUT2D eigenvalue weighted by Crippen LogP contribution is -2.22. The molecule has 0 bridgehead atoms. The molecule has 0 radical (unpaired) electrons. The summed E-state index contributed by atoms with van der Waals surface area (Å²) in [4.78, 5) is 13.1. The molecule has 4 nitrogen and oxygen atoms in total. The first kappa shape index (κ1) is 13.2. The topological polar surface area (TPSA) is 58.1 Å². The van der Waals surface area contributed by atoms with Crippen molar-refractivity contribution in [3.63, 3.8) is 0 Å². The molecule has 96 valence electrons. The first-order chi connectivity index (χ1) is 9.04. The summed E-state index contributed by atoms with van der Waals surface area (Å²) < 4.78 is 1.27. The zero-order valence-electron chi connectivity index (χ0n) is 11.0. The van der Waals surface area contributed by atoms with E-state index in [0.717, 1.165) is 10.4 Å². The molecule has 0 amide bonds. The molecule has 0 aliphatic heterocycles. The highest BCUT2D eigenvalue weighted by molar-refractivity contribution is 7.11. The van der Waals surface area contributed by atoms with Crippen molar-refractivity contribution in [3.05, 3.63) is 55.1 Å². The molecule has 0 saturated carbocycles. The van der Waals surface area contributed by atoms with E-state index >= 15 is 0 Å². The molecular formula is C14H13N3OS. The third-order valence-electron chi connectivity index (χ3n) is 2.86. The van der Waals surface area contributed by atoms with Crippen LogP contribution >= 0.6 is 11.3 Å². The highest BCUT2D eigenvalue weighted by atomic mass is 32.1. The number of aryl methyl sites for hydroxylation is 3. The summed E-state index contributed by atoms with van der Waals surface area (Å²) in [5.41, 5.74) is 2.29. The minimum Gasteiger partial charge on any atom is -0.266 e. The molecule has 2 rings (SSSR count). The van der Waals surface area contributed by atoms with Crippen LogP contribution in [0.5, 0.6) is 0 Å². The van der Waals surface area contributed by atoms with E-state index in [-0.39, 0.29) is 11.1 Å². The van der Waals surface area contributed by atoms with E-state index in [1.165, 1.54) is 4.68 Å². The Labute approximate surface area is 115 Å². The van der Waals surface area contributed by atoms with Gasteiger partial charge in [0.25, 0.3) is 5.56 Å². The van der Waals surface area contributed by atoms with Crippen LogP contribution in [0.4, 0.5) is 0 Å². The second kappa shape index (κ2) is 5.21. The molecule has 0 atom stereocenters. The van der Waals surface area contributed by atoms with E-state index in [2.05, 4.69) is 5.10 Å². The smallest absolute Gasteiger partial charge is 0.266 e. The van der Waals surface area contributed by atoms with Gasteiger partial charge in [0.1, 0.15) is 11.6 Å². The molecular weight excluding hydrogens is 258 g/mol. The molecule has 0 aliphatic rings. The van der Waals surface area contributed by atoms with Crippen LogP contribution < -0.4 is 5.56 Å². The van der Waals surface area contributed by atoms with Gasteiger partial charge in [-0.2, -0.15) is 10.4 Å². The van der Waals surface area contributed by atoms with Crippen molar-refractivity contribution in [1.29, 1.82) is 5.26 Å². The minimum atomic E-state index is -0.370. The van der Waals surface area contributed by atoms with Crippen LogP contribution in [-0.2, 0) is 0 Å². The van der Waals surface area contributed by atoms with Gasteiger partial charge in [0, 0.05) is 5.69 Å². The van der Waals surface area contributed by atoms with Crippen LogP contribution in [0.2, 0.25) is 0 Å². The van der Waals surface area contributed by atoms with Gasteiger partial charge in [0.05, 0.1) is 11.1 Å². The van der Waals surface area contributed by atoms with Crippen LogP contribution in [-0.4, -0.2) is 10.9 Å². The van der Waals surface area contributed by atoms with Crippen molar-refractivity contribution in [2.24, 2.45) is 5.10 Å². The lowest BCUT2D eigenvalue weighted by Gasteiger charge is -2.05. The monoisotopic (exact) mass is 271 g/mol. The molecule has 0 aromatic carbocycles. The zero-order chi connectivity index (χ0) is 14.0. The molecule has 0 saturated heterocycles. The SMILES string of the molecule is Cc1ccsc1/C=N\n1c(C)cc(C)c(C#N)c1=O. The number of nitriles is 1. The Kier molecular flexibility index (Phi) is 3.63. The molecule has 0 N–H and O–H groups in total. The van der Waals surface area contributed by atoms with E-state index in [9.17, 15) is 4.79 Å². The highest BCUT2D eigenvalue weighted by Crippen LogP contribution is 2.13. The molecule has 0 aliphatic carbocycles. The number of nitrogens with zero attached hydrogens (tertiary/aromatic N) is 3. The Bertz CT molecular complexity index is 747. The summed E-state index contributed by atoms with van der Waals surface area (Å²) in [6.45, 7) is 5.54. The van der Waals surface area contributed by atoms with Gasteiger partial charge in [-0.15, -0.1) is 11.3 Å². The van der Waals surface area contributed by atoms with Crippen molar-refractivity contribution in [2.45, 2.75) is 20.8 Å². The summed E-state index contributed by atoms with van der Waals surface area (Å²) >= 11 is 1.56. The maximum absolute atomic E-state index is 12.1. The van der Waals surface area contributed by atoms with Gasteiger partial charge in [-0.05, 0) is 49.4 Å². The van der Waals surface area contributed by atoms with Gasteiger partial charge in [0.2, 0.25) is 0 Å². The van der Waals surface area contributed by atoms with Gasteiger partial charge in [0.15, 0.2) is 0 Å². The Hall–Kier alpha value is -2.19. The van der Waals surface area contributed by atoms with Crippen LogP contribution in [0, 0.1) is 32.1 Å². The standard InChI is InChI=1S/C14H13N3OS/c1-9-4-5-19-13(9)8-16-17-11(3)6-10(2)12(7-15)14(17)18/h4-6,8H,1-3H3/b16-8-. The van der Waals surface area contributed by atoms with Crippen molar-refractivity contribution in [2.75, 3.05) is 0 Å². The molecule has 19 heavy (non-hydrogen) atoms. The average Bonchev–Trinajstić information content (AvgIpc) is 2.75. The lowest BCUT2D eigenvalue weighted by atomic mass is 10.1. The Morgan fingerprint density at radius 2 is 2.11 bits per heavy atom. The third kappa shape index (κ3) is 2.49. The third-order valence-corrected chi connectivity index (χ3v) is 3.82.